The fraction of sp³-hybridized carbons (Fsp3) is 0.571. The van der Waals surface area contributed by atoms with Gasteiger partial charge in [-0.1, -0.05) is 15.9 Å². The highest BCUT2D eigenvalue weighted by Crippen LogP contribution is 2.33. The number of aliphatic carboxylic acids is 1. The van der Waals surface area contributed by atoms with Crippen molar-refractivity contribution in [3.8, 4) is 0 Å². The fourth-order valence-corrected chi connectivity index (χ4v) is 1.99. The fourth-order valence-electron chi connectivity index (χ4n) is 1.20. The van der Waals surface area contributed by atoms with Crippen LogP contribution in [0.2, 0.25) is 0 Å². The number of carboxylic acid groups (broad SMARTS) is 1. The van der Waals surface area contributed by atoms with Gasteiger partial charge >= 0.3 is 5.97 Å². The molecule has 8 heteroatoms. The molecule has 0 aromatic heterocycles. The Morgan fingerprint density at radius 1 is 1.40 bits per heavy atom. The predicted octanol–water partition coefficient (Wildman–Crippen LogP) is 0.0245. The van der Waals surface area contributed by atoms with Crippen molar-refractivity contribution in [3.05, 3.63) is 0 Å². The van der Waals surface area contributed by atoms with Gasteiger partial charge in [0.25, 0.3) is 0 Å². The molecule has 1 rings (SSSR count). The van der Waals surface area contributed by atoms with Crippen LogP contribution in [0, 0.1) is 0 Å². The largest absolute Gasteiger partial charge is 0.480 e. The van der Waals surface area contributed by atoms with Gasteiger partial charge in [-0.2, -0.15) is 0 Å². The predicted molar refractivity (Wildman–Crippen MR) is 55.3 cm³/mol. The third-order valence-electron chi connectivity index (χ3n) is 1.90. The summed E-state index contributed by atoms with van der Waals surface area (Å²) in [6.45, 7) is 0. The lowest BCUT2D eigenvalue weighted by atomic mass is 10.3. The zero-order valence-electron chi connectivity index (χ0n) is 7.31. The van der Waals surface area contributed by atoms with Crippen molar-refractivity contribution in [2.24, 2.45) is 0 Å². The standard InChI is InChI=1S/C7H7Br2NO5/c8-5(6(13)14)7(9,15)10-3(11)1-2-4(10)12/h5,15H,1-2H2,(H,13,14). The second kappa shape index (κ2) is 4.18. The number of imide groups is 1. The van der Waals surface area contributed by atoms with Crippen LogP contribution in [0.1, 0.15) is 12.8 Å². The molecule has 0 spiro atoms. The topological polar surface area (TPSA) is 94.9 Å². The SMILES string of the molecule is O=C(O)C(Br)C(O)(Br)N1C(=O)CCC1=O. The van der Waals surface area contributed by atoms with E-state index in [2.05, 4.69) is 31.9 Å². The minimum Gasteiger partial charge on any atom is -0.480 e. The van der Waals surface area contributed by atoms with Gasteiger partial charge < -0.3 is 10.2 Å². The van der Waals surface area contributed by atoms with Gasteiger partial charge in [0.1, 0.15) is 0 Å². The Balaban J connectivity index is 2.99. The number of nitrogens with zero attached hydrogens (tertiary/aromatic N) is 1. The maximum atomic E-state index is 11.3. The Kier molecular flexibility index (Phi) is 3.51. The molecule has 1 aliphatic rings. The Morgan fingerprint density at radius 3 is 2.13 bits per heavy atom. The van der Waals surface area contributed by atoms with E-state index in [1.165, 1.54) is 0 Å². The summed E-state index contributed by atoms with van der Waals surface area (Å²) in [5, 5.41) is 18.4. The first-order valence-corrected chi connectivity index (χ1v) is 5.63. The highest BCUT2D eigenvalue weighted by molar-refractivity contribution is 9.12. The van der Waals surface area contributed by atoms with Crippen molar-refractivity contribution >= 4 is 49.6 Å². The molecule has 84 valence electrons. The normalized spacial score (nSPS) is 22.7. The summed E-state index contributed by atoms with van der Waals surface area (Å²) >= 11 is 5.35. The number of hydrogen-bond acceptors (Lipinski definition) is 4. The van der Waals surface area contributed by atoms with Crippen molar-refractivity contribution < 1.29 is 24.6 Å². The van der Waals surface area contributed by atoms with E-state index < -0.39 is 27.2 Å². The molecule has 1 saturated heterocycles. The summed E-state index contributed by atoms with van der Waals surface area (Å²) in [7, 11) is 0. The molecule has 15 heavy (non-hydrogen) atoms. The van der Waals surface area contributed by atoms with E-state index in [4.69, 9.17) is 5.11 Å². The molecular weight excluding hydrogens is 338 g/mol. The van der Waals surface area contributed by atoms with Gasteiger partial charge in [0, 0.05) is 12.8 Å². The zero-order chi connectivity index (χ0) is 11.8. The molecule has 6 nitrogen and oxygen atoms in total. The molecule has 1 fully saturated rings. The van der Waals surface area contributed by atoms with Crippen LogP contribution in [-0.2, 0) is 14.4 Å². The van der Waals surface area contributed by atoms with Crippen LogP contribution < -0.4 is 0 Å². The second-order valence-electron chi connectivity index (χ2n) is 2.96. The molecule has 0 bridgehead atoms. The Morgan fingerprint density at radius 2 is 1.80 bits per heavy atom. The van der Waals surface area contributed by atoms with Crippen LogP contribution >= 0.6 is 31.9 Å². The van der Waals surface area contributed by atoms with Crippen molar-refractivity contribution in [1.29, 1.82) is 0 Å². The van der Waals surface area contributed by atoms with Crippen molar-refractivity contribution in [2.75, 3.05) is 0 Å². The molecule has 2 N–H and O–H groups in total. The summed E-state index contributed by atoms with van der Waals surface area (Å²) in [6.07, 6.45) is -0.0435. The van der Waals surface area contributed by atoms with Gasteiger partial charge in [0.05, 0.1) is 0 Å². The summed E-state index contributed by atoms with van der Waals surface area (Å²) in [6, 6.07) is 0. The number of halogens is 2. The van der Waals surface area contributed by atoms with E-state index >= 15 is 0 Å². The van der Waals surface area contributed by atoms with Crippen molar-refractivity contribution in [3.63, 3.8) is 0 Å². The van der Waals surface area contributed by atoms with Crippen LogP contribution in [0.4, 0.5) is 0 Å². The lowest BCUT2D eigenvalue weighted by molar-refractivity contribution is -0.155. The van der Waals surface area contributed by atoms with E-state index in [1.54, 1.807) is 0 Å². The Bertz CT molecular complexity index is 313. The van der Waals surface area contributed by atoms with Crippen LogP contribution in [-0.4, -0.2) is 42.4 Å². The van der Waals surface area contributed by atoms with E-state index in [0.717, 1.165) is 0 Å². The molecule has 0 aliphatic carbocycles. The molecule has 0 radical (unpaired) electrons. The number of rotatable bonds is 3. The lowest BCUT2D eigenvalue weighted by Crippen LogP contribution is -2.54. The molecule has 0 aromatic rings. The summed E-state index contributed by atoms with van der Waals surface area (Å²) in [5.41, 5.74) is 0. The zero-order valence-corrected chi connectivity index (χ0v) is 10.5. The number of amides is 2. The van der Waals surface area contributed by atoms with Gasteiger partial charge in [-0.25, -0.2) is 4.90 Å². The number of likely N-dealkylation sites (tertiary alicyclic amines) is 1. The van der Waals surface area contributed by atoms with Gasteiger partial charge in [0.2, 0.25) is 16.4 Å². The third kappa shape index (κ3) is 2.21. The van der Waals surface area contributed by atoms with Crippen LogP contribution in [0.15, 0.2) is 0 Å². The monoisotopic (exact) mass is 343 g/mol. The molecule has 0 aromatic carbocycles. The number of carbonyl (C=O) groups excluding carboxylic acids is 2. The molecule has 2 amide bonds. The first-order valence-electron chi connectivity index (χ1n) is 3.92. The number of carboxylic acids is 1. The van der Waals surface area contributed by atoms with Crippen molar-refractivity contribution in [1.82, 2.24) is 4.90 Å². The van der Waals surface area contributed by atoms with Gasteiger partial charge in [-0.05, 0) is 15.9 Å². The molecule has 1 aliphatic heterocycles. The smallest absolute Gasteiger partial charge is 0.323 e. The highest BCUT2D eigenvalue weighted by atomic mass is 79.9. The number of carbonyl (C=O) groups is 3. The van der Waals surface area contributed by atoms with E-state index in [1.807, 2.05) is 0 Å². The first kappa shape index (κ1) is 12.6. The Hall–Kier alpha value is -0.470. The summed E-state index contributed by atoms with van der Waals surface area (Å²) in [4.78, 5) is 32.2. The second-order valence-corrected chi connectivity index (χ2v) is 5.04. The molecular formula is C7H7Br2NO5. The molecule has 2 atom stereocenters. The van der Waals surface area contributed by atoms with Crippen LogP contribution in [0.25, 0.3) is 0 Å². The summed E-state index contributed by atoms with van der Waals surface area (Å²) < 4.78 is -2.23. The van der Waals surface area contributed by atoms with E-state index in [0.29, 0.717) is 4.90 Å². The van der Waals surface area contributed by atoms with Gasteiger partial charge in [-0.15, -0.1) is 0 Å². The van der Waals surface area contributed by atoms with E-state index in [9.17, 15) is 19.5 Å². The summed E-state index contributed by atoms with van der Waals surface area (Å²) in [5.74, 6) is -2.60. The number of alkyl halides is 2. The lowest BCUT2D eigenvalue weighted by Gasteiger charge is -2.31. The van der Waals surface area contributed by atoms with Gasteiger partial charge in [0.15, 0.2) is 4.83 Å². The average Bonchev–Trinajstić information content (AvgIpc) is 2.44. The maximum absolute atomic E-state index is 11.3. The van der Waals surface area contributed by atoms with Gasteiger partial charge in [-0.3, -0.25) is 14.4 Å². The molecule has 2 unspecified atom stereocenters. The highest BCUT2D eigenvalue weighted by Gasteiger charge is 2.50. The average molecular weight is 345 g/mol. The van der Waals surface area contributed by atoms with Crippen molar-refractivity contribution in [2.45, 2.75) is 22.3 Å². The third-order valence-corrected chi connectivity index (χ3v) is 4.36. The number of aliphatic hydroxyl groups is 1. The molecule has 1 heterocycles. The van der Waals surface area contributed by atoms with Crippen LogP contribution in [0.5, 0.6) is 0 Å². The van der Waals surface area contributed by atoms with Crippen LogP contribution in [0.3, 0.4) is 0 Å². The minimum absolute atomic E-state index is 0.0217. The van der Waals surface area contributed by atoms with E-state index in [-0.39, 0.29) is 12.8 Å². The number of hydrogen-bond donors (Lipinski definition) is 2. The first-order chi connectivity index (χ1) is 6.78. The maximum Gasteiger partial charge on any atom is 0.323 e. The Labute approximate surface area is 101 Å². The quantitative estimate of drug-likeness (QED) is 0.427. The molecule has 0 saturated carbocycles. The minimum atomic E-state index is -2.23.